The van der Waals surface area contributed by atoms with Gasteiger partial charge in [-0.05, 0) is 0 Å². The molecule has 0 aromatic heterocycles. The molecule has 0 bridgehead atoms. The van der Waals surface area contributed by atoms with E-state index in [-0.39, 0.29) is 11.9 Å². The first-order chi connectivity index (χ1) is 10.3. The van der Waals surface area contributed by atoms with Crippen molar-refractivity contribution in [3.05, 3.63) is 0 Å². The van der Waals surface area contributed by atoms with E-state index in [1.165, 1.54) is 0 Å². The maximum absolute atomic E-state index is 12.5. The van der Waals surface area contributed by atoms with Crippen LogP contribution in [0.25, 0.3) is 0 Å². The summed E-state index contributed by atoms with van der Waals surface area (Å²) >= 11 is 0. The van der Waals surface area contributed by atoms with Crippen molar-refractivity contribution in [3.63, 3.8) is 0 Å². The second-order valence-electron chi connectivity index (χ2n) is 5.27. The molecule has 0 aromatic rings. The monoisotopic (exact) mass is 296 g/mol. The number of morpholine rings is 2. The van der Waals surface area contributed by atoms with E-state index in [1.54, 1.807) is 4.90 Å². The Labute approximate surface area is 125 Å². The van der Waals surface area contributed by atoms with Crippen LogP contribution in [-0.4, -0.2) is 87.4 Å². The minimum atomic E-state index is -0.276. The van der Waals surface area contributed by atoms with Crippen molar-refractivity contribution in [1.29, 1.82) is 5.26 Å². The van der Waals surface area contributed by atoms with Gasteiger partial charge in [0.1, 0.15) is 6.04 Å². The SMILES string of the molecule is N#CCCN(CCN1CCOCC1)C(=O)C1COCCN1. The van der Waals surface area contributed by atoms with Gasteiger partial charge in [-0.3, -0.25) is 9.69 Å². The number of nitrogens with one attached hydrogen (secondary N) is 1. The van der Waals surface area contributed by atoms with Gasteiger partial charge in [0.2, 0.25) is 5.91 Å². The maximum atomic E-state index is 12.5. The summed E-state index contributed by atoms with van der Waals surface area (Å²) in [6.07, 6.45) is 0.364. The molecule has 0 saturated carbocycles. The van der Waals surface area contributed by atoms with E-state index in [9.17, 15) is 4.79 Å². The fourth-order valence-corrected chi connectivity index (χ4v) is 2.55. The van der Waals surface area contributed by atoms with E-state index in [4.69, 9.17) is 14.7 Å². The van der Waals surface area contributed by atoms with Gasteiger partial charge in [-0.15, -0.1) is 0 Å². The Morgan fingerprint density at radius 2 is 2.10 bits per heavy atom. The third kappa shape index (κ3) is 5.25. The van der Waals surface area contributed by atoms with Crippen molar-refractivity contribution < 1.29 is 14.3 Å². The molecule has 118 valence electrons. The summed E-state index contributed by atoms with van der Waals surface area (Å²) in [5, 5.41) is 11.9. The Morgan fingerprint density at radius 1 is 1.29 bits per heavy atom. The highest BCUT2D eigenvalue weighted by molar-refractivity contribution is 5.82. The van der Waals surface area contributed by atoms with Gasteiger partial charge in [0.15, 0.2) is 0 Å². The Kier molecular flexibility index (Phi) is 6.89. The minimum absolute atomic E-state index is 0.0400. The van der Waals surface area contributed by atoms with Crippen LogP contribution in [0.15, 0.2) is 0 Å². The first-order valence-electron chi connectivity index (χ1n) is 7.58. The van der Waals surface area contributed by atoms with Gasteiger partial charge < -0.3 is 19.7 Å². The molecular weight excluding hydrogens is 272 g/mol. The first-order valence-corrected chi connectivity index (χ1v) is 7.58. The maximum Gasteiger partial charge on any atom is 0.242 e. The van der Waals surface area contributed by atoms with Gasteiger partial charge in [-0.2, -0.15) is 5.26 Å². The smallest absolute Gasteiger partial charge is 0.242 e. The van der Waals surface area contributed by atoms with Crippen LogP contribution in [0, 0.1) is 11.3 Å². The molecule has 0 aliphatic carbocycles. The molecule has 21 heavy (non-hydrogen) atoms. The number of carbonyl (C=O) groups excluding carboxylic acids is 1. The average molecular weight is 296 g/mol. The molecule has 2 heterocycles. The van der Waals surface area contributed by atoms with Crippen LogP contribution in [0.5, 0.6) is 0 Å². The molecular formula is C14H24N4O3. The van der Waals surface area contributed by atoms with E-state index >= 15 is 0 Å². The lowest BCUT2D eigenvalue weighted by atomic mass is 10.2. The van der Waals surface area contributed by atoms with Crippen LogP contribution >= 0.6 is 0 Å². The third-order valence-electron chi connectivity index (χ3n) is 3.81. The predicted octanol–water partition coefficient (Wildman–Crippen LogP) is -0.951. The van der Waals surface area contributed by atoms with E-state index in [2.05, 4.69) is 16.3 Å². The summed E-state index contributed by atoms with van der Waals surface area (Å²) in [5.41, 5.74) is 0. The summed E-state index contributed by atoms with van der Waals surface area (Å²) in [6, 6.07) is 1.84. The van der Waals surface area contributed by atoms with Crippen molar-refractivity contribution in [2.75, 3.05) is 65.7 Å². The molecule has 1 atom stereocenters. The van der Waals surface area contributed by atoms with Gasteiger partial charge in [-0.1, -0.05) is 0 Å². The summed E-state index contributed by atoms with van der Waals surface area (Å²) in [6.45, 7) is 7.05. The number of hydrogen-bond donors (Lipinski definition) is 1. The zero-order chi connectivity index (χ0) is 14.9. The summed E-state index contributed by atoms with van der Waals surface area (Å²) in [5.74, 6) is 0.0400. The number of rotatable bonds is 6. The van der Waals surface area contributed by atoms with Crippen molar-refractivity contribution in [2.45, 2.75) is 12.5 Å². The molecule has 1 amide bonds. The lowest BCUT2D eigenvalue weighted by molar-refractivity contribution is -0.136. The predicted molar refractivity (Wildman–Crippen MR) is 76.7 cm³/mol. The molecule has 2 aliphatic rings. The Balaban J connectivity index is 1.83. The molecule has 2 rings (SSSR count). The van der Waals surface area contributed by atoms with Crippen molar-refractivity contribution in [3.8, 4) is 6.07 Å². The van der Waals surface area contributed by atoms with Crippen molar-refractivity contribution in [1.82, 2.24) is 15.1 Å². The second kappa shape index (κ2) is 8.95. The lowest BCUT2D eigenvalue weighted by Crippen LogP contribution is -2.54. The molecule has 2 saturated heterocycles. The van der Waals surface area contributed by atoms with Crippen LogP contribution in [0.2, 0.25) is 0 Å². The van der Waals surface area contributed by atoms with Crippen molar-refractivity contribution >= 4 is 5.91 Å². The van der Waals surface area contributed by atoms with Crippen LogP contribution in [-0.2, 0) is 14.3 Å². The Hall–Kier alpha value is -1.20. The highest BCUT2D eigenvalue weighted by Crippen LogP contribution is 2.04. The fraction of sp³-hybridized carbons (Fsp3) is 0.857. The highest BCUT2D eigenvalue weighted by Gasteiger charge is 2.26. The molecule has 2 fully saturated rings. The standard InChI is InChI=1S/C14H24N4O3/c15-2-1-4-18(6-5-17-7-10-20-11-8-17)14(19)13-12-21-9-3-16-13/h13,16H,1,3-12H2. The van der Waals surface area contributed by atoms with Gasteiger partial charge in [-0.25, -0.2) is 0 Å². The molecule has 1 N–H and O–H groups in total. The quantitative estimate of drug-likeness (QED) is 0.681. The topological polar surface area (TPSA) is 77.8 Å². The van der Waals surface area contributed by atoms with Crippen LogP contribution in [0.1, 0.15) is 6.42 Å². The number of carbonyl (C=O) groups is 1. The third-order valence-corrected chi connectivity index (χ3v) is 3.81. The van der Waals surface area contributed by atoms with Gasteiger partial charge >= 0.3 is 0 Å². The molecule has 0 radical (unpaired) electrons. The molecule has 0 aromatic carbocycles. The molecule has 2 aliphatic heterocycles. The molecule has 7 nitrogen and oxygen atoms in total. The van der Waals surface area contributed by atoms with E-state index in [1.807, 2.05) is 0 Å². The summed E-state index contributed by atoms with van der Waals surface area (Å²) in [4.78, 5) is 16.6. The van der Waals surface area contributed by atoms with E-state index < -0.39 is 0 Å². The van der Waals surface area contributed by atoms with Crippen molar-refractivity contribution in [2.24, 2.45) is 0 Å². The van der Waals surface area contributed by atoms with Gasteiger partial charge in [0.25, 0.3) is 0 Å². The molecule has 7 heteroatoms. The van der Waals surface area contributed by atoms with E-state index in [0.29, 0.717) is 39.3 Å². The highest BCUT2D eigenvalue weighted by atomic mass is 16.5. The number of ether oxygens (including phenoxy) is 2. The number of nitrogens with zero attached hydrogens (tertiary/aromatic N) is 3. The van der Waals surface area contributed by atoms with Crippen LogP contribution in [0.3, 0.4) is 0 Å². The van der Waals surface area contributed by atoms with Gasteiger partial charge in [0, 0.05) is 39.3 Å². The normalized spacial score (nSPS) is 23.5. The number of amides is 1. The molecule has 0 spiro atoms. The zero-order valence-corrected chi connectivity index (χ0v) is 12.4. The Bertz CT molecular complexity index is 360. The number of nitriles is 1. The average Bonchev–Trinajstić information content (AvgIpc) is 2.56. The first kappa shape index (κ1) is 16.2. The largest absolute Gasteiger partial charge is 0.379 e. The second-order valence-corrected chi connectivity index (χ2v) is 5.27. The van der Waals surface area contributed by atoms with Crippen LogP contribution in [0.4, 0.5) is 0 Å². The van der Waals surface area contributed by atoms with E-state index in [0.717, 1.165) is 32.8 Å². The summed E-state index contributed by atoms with van der Waals surface area (Å²) < 4.78 is 10.7. The molecule has 1 unspecified atom stereocenters. The van der Waals surface area contributed by atoms with Crippen LogP contribution < -0.4 is 5.32 Å². The zero-order valence-electron chi connectivity index (χ0n) is 12.4. The van der Waals surface area contributed by atoms with Gasteiger partial charge in [0.05, 0.1) is 38.9 Å². The lowest BCUT2D eigenvalue weighted by Gasteiger charge is -2.32. The summed E-state index contributed by atoms with van der Waals surface area (Å²) in [7, 11) is 0. The minimum Gasteiger partial charge on any atom is -0.379 e. The number of hydrogen-bond acceptors (Lipinski definition) is 6. The Morgan fingerprint density at radius 3 is 2.76 bits per heavy atom. The fourth-order valence-electron chi connectivity index (χ4n) is 2.55.